The Morgan fingerprint density at radius 1 is 0.773 bits per heavy atom. The average molecular weight is 601 g/mol. The van der Waals surface area contributed by atoms with Crippen molar-refractivity contribution in [2.45, 2.75) is 61.2 Å². The lowest BCUT2D eigenvalue weighted by Gasteiger charge is -2.52. The Labute approximate surface area is 257 Å². The fourth-order valence-corrected chi connectivity index (χ4v) is 9.30. The number of rotatable bonds is 4. The number of aryl methyl sites for hydroxylation is 1. The molecule has 1 N–H and O–H groups in total. The van der Waals surface area contributed by atoms with Gasteiger partial charge < -0.3 is 4.74 Å². The molecular formula is C38H32O5S. The predicted octanol–water partition coefficient (Wildman–Crippen LogP) is 7.80. The molecule has 44 heavy (non-hydrogen) atoms. The summed E-state index contributed by atoms with van der Waals surface area (Å²) in [5.74, 6) is -0.193. The highest BCUT2D eigenvalue weighted by Crippen LogP contribution is 2.63. The molecule has 4 aliphatic rings. The zero-order chi connectivity index (χ0) is 30.2. The molecule has 5 nitrogen and oxygen atoms in total. The minimum Gasteiger partial charge on any atom is -0.426 e. The zero-order valence-corrected chi connectivity index (χ0v) is 25.2. The Hall–Kier alpha value is -4.26. The summed E-state index contributed by atoms with van der Waals surface area (Å²) in [4.78, 5) is 15.1. The van der Waals surface area contributed by atoms with Crippen molar-refractivity contribution in [3.8, 4) is 5.75 Å². The van der Waals surface area contributed by atoms with Gasteiger partial charge in [-0.2, -0.15) is 8.42 Å². The minimum absolute atomic E-state index is 0.0154. The van der Waals surface area contributed by atoms with Crippen molar-refractivity contribution in [3.05, 3.63) is 142 Å². The normalized spacial score (nSPS) is 21.8. The van der Waals surface area contributed by atoms with E-state index in [1.54, 1.807) is 6.07 Å². The van der Waals surface area contributed by atoms with Gasteiger partial charge in [0, 0.05) is 11.8 Å². The van der Waals surface area contributed by atoms with Gasteiger partial charge in [-0.3, -0.25) is 9.35 Å². The first-order chi connectivity index (χ1) is 21.3. The first-order valence-electron chi connectivity index (χ1n) is 15.3. The molecule has 5 aromatic carbocycles. The van der Waals surface area contributed by atoms with Crippen LogP contribution in [0, 0.1) is 6.92 Å². The van der Waals surface area contributed by atoms with Gasteiger partial charge in [-0.25, -0.2) is 0 Å². The van der Waals surface area contributed by atoms with E-state index in [9.17, 15) is 13.0 Å². The Morgan fingerprint density at radius 3 is 2.07 bits per heavy atom. The van der Waals surface area contributed by atoms with Gasteiger partial charge in [0.2, 0.25) is 0 Å². The second-order valence-electron chi connectivity index (χ2n) is 12.5. The molecule has 4 aliphatic carbocycles. The first kappa shape index (κ1) is 27.3. The topological polar surface area (TPSA) is 80.7 Å². The fraction of sp³-hybridized carbons (Fsp3) is 0.237. The van der Waals surface area contributed by atoms with Gasteiger partial charge >= 0.3 is 5.97 Å². The molecule has 220 valence electrons. The van der Waals surface area contributed by atoms with Crippen LogP contribution in [0.25, 0.3) is 10.8 Å². The smallest absolute Gasteiger partial charge is 0.322 e. The maximum Gasteiger partial charge on any atom is 0.322 e. The van der Waals surface area contributed by atoms with Crippen LogP contribution in [0.2, 0.25) is 0 Å². The van der Waals surface area contributed by atoms with Crippen LogP contribution in [0.5, 0.6) is 5.75 Å². The highest BCUT2D eigenvalue weighted by molar-refractivity contribution is 7.85. The lowest BCUT2D eigenvalue weighted by Crippen LogP contribution is -2.52. The average Bonchev–Trinajstić information content (AvgIpc) is 3.04. The van der Waals surface area contributed by atoms with Crippen LogP contribution in [0.4, 0.5) is 0 Å². The molecule has 0 radical (unpaired) electrons. The van der Waals surface area contributed by atoms with Gasteiger partial charge in [-0.15, -0.1) is 0 Å². The van der Waals surface area contributed by atoms with E-state index in [2.05, 4.69) is 79.7 Å². The summed E-state index contributed by atoms with van der Waals surface area (Å²) < 4.78 is 40.9. The highest BCUT2D eigenvalue weighted by atomic mass is 32.2. The van der Waals surface area contributed by atoms with Crippen molar-refractivity contribution >= 4 is 26.9 Å². The second-order valence-corrected chi connectivity index (χ2v) is 13.9. The van der Waals surface area contributed by atoms with Crippen molar-refractivity contribution in [3.63, 3.8) is 0 Å². The van der Waals surface area contributed by atoms with E-state index < -0.39 is 15.5 Å². The molecular weight excluding hydrogens is 568 g/mol. The third-order valence-electron chi connectivity index (χ3n) is 10.4. The molecule has 5 aromatic rings. The molecule has 0 aliphatic heterocycles. The van der Waals surface area contributed by atoms with E-state index in [0.717, 1.165) is 45.9 Å². The van der Waals surface area contributed by atoms with Crippen LogP contribution in [-0.2, 0) is 33.2 Å². The van der Waals surface area contributed by atoms with E-state index in [1.807, 2.05) is 12.1 Å². The molecule has 1 unspecified atom stereocenters. The SMILES string of the molecule is Cc1c(C2(C(=O)Oc3ccc(S(=O)(=O)O)c4c3CCCC4)CC3c4ccccc4C2c2ccccc23)ccc2ccccc12. The summed E-state index contributed by atoms with van der Waals surface area (Å²) in [6, 6.07) is 32.4. The Kier molecular flexibility index (Phi) is 6.13. The number of ether oxygens (including phenoxy) is 1. The van der Waals surface area contributed by atoms with Crippen molar-refractivity contribution in [1.82, 2.24) is 0 Å². The van der Waals surface area contributed by atoms with Crippen LogP contribution in [0.1, 0.15) is 75.6 Å². The summed E-state index contributed by atoms with van der Waals surface area (Å²) in [6.45, 7) is 2.11. The van der Waals surface area contributed by atoms with Crippen molar-refractivity contribution in [2.75, 3.05) is 0 Å². The maximum atomic E-state index is 15.2. The molecule has 0 heterocycles. The monoisotopic (exact) mass is 600 g/mol. The molecule has 0 fully saturated rings. The lowest BCUT2D eigenvalue weighted by atomic mass is 9.49. The fourth-order valence-electron chi connectivity index (χ4n) is 8.52. The quantitative estimate of drug-likeness (QED) is 0.129. The van der Waals surface area contributed by atoms with E-state index in [0.29, 0.717) is 36.1 Å². The van der Waals surface area contributed by atoms with Gasteiger partial charge in [0.1, 0.15) is 11.2 Å². The van der Waals surface area contributed by atoms with Crippen LogP contribution in [0.15, 0.2) is 102 Å². The zero-order valence-electron chi connectivity index (χ0n) is 24.4. The van der Waals surface area contributed by atoms with E-state index in [4.69, 9.17) is 4.74 Å². The van der Waals surface area contributed by atoms with Crippen molar-refractivity contribution in [2.24, 2.45) is 0 Å². The van der Waals surface area contributed by atoms with E-state index >= 15 is 4.79 Å². The van der Waals surface area contributed by atoms with Crippen LogP contribution in [0.3, 0.4) is 0 Å². The van der Waals surface area contributed by atoms with Crippen LogP contribution < -0.4 is 4.74 Å². The molecule has 0 amide bonds. The Morgan fingerprint density at radius 2 is 1.39 bits per heavy atom. The molecule has 0 saturated heterocycles. The third kappa shape index (κ3) is 3.87. The summed E-state index contributed by atoms with van der Waals surface area (Å²) in [6.07, 6.45) is 3.32. The van der Waals surface area contributed by atoms with Gasteiger partial charge in [-0.05, 0) is 106 Å². The molecule has 0 aromatic heterocycles. The summed E-state index contributed by atoms with van der Waals surface area (Å²) >= 11 is 0. The predicted molar refractivity (Wildman–Crippen MR) is 170 cm³/mol. The van der Waals surface area contributed by atoms with Crippen LogP contribution in [-0.4, -0.2) is 18.9 Å². The van der Waals surface area contributed by atoms with E-state index in [1.165, 1.54) is 17.2 Å². The number of fused-ring (bicyclic) bond motifs is 3. The number of hydrogen-bond acceptors (Lipinski definition) is 4. The highest BCUT2D eigenvalue weighted by Gasteiger charge is 2.59. The first-order valence-corrected chi connectivity index (χ1v) is 16.7. The molecule has 6 heteroatoms. The maximum absolute atomic E-state index is 15.2. The van der Waals surface area contributed by atoms with Crippen LogP contribution >= 0.6 is 0 Å². The summed E-state index contributed by atoms with van der Waals surface area (Å²) in [5.41, 5.74) is 7.07. The summed E-state index contributed by atoms with van der Waals surface area (Å²) in [7, 11) is -4.41. The largest absolute Gasteiger partial charge is 0.426 e. The van der Waals surface area contributed by atoms with Crippen molar-refractivity contribution in [1.29, 1.82) is 0 Å². The molecule has 0 spiro atoms. The number of carbonyl (C=O) groups excluding carboxylic acids is 1. The van der Waals surface area contributed by atoms with Gasteiger partial charge in [0.25, 0.3) is 10.1 Å². The number of benzene rings is 5. The second kappa shape index (κ2) is 9.88. The minimum atomic E-state index is -4.41. The Balaban J connectivity index is 1.37. The number of hydrogen-bond donors (Lipinski definition) is 1. The molecule has 0 saturated carbocycles. The molecule has 1 atom stereocenters. The van der Waals surface area contributed by atoms with E-state index in [-0.39, 0.29) is 22.7 Å². The lowest BCUT2D eigenvalue weighted by molar-refractivity contribution is -0.142. The van der Waals surface area contributed by atoms with Gasteiger partial charge in [-0.1, -0.05) is 84.9 Å². The standard InChI is InChI=1S/C38H32O5S/c1-23-25-11-3-2-10-24(25)18-19-33(23)38(22-32-26-12-4-8-16-30(26)36(38)31-17-9-5-13-27(31)32)37(39)43-34-20-21-35(44(40,41)42)29-15-7-6-14-28(29)34/h2-5,8-13,16-21,32,36H,6-7,14-15,22H2,1H3,(H,40,41,42). The molecule has 2 bridgehead atoms. The molecule has 9 rings (SSSR count). The number of carbonyl (C=O) groups is 1. The summed E-state index contributed by atoms with van der Waals surface area (Å²) in [5, 5.41) is 2.23. The Bertz CT molecular complexity index is 2070. The third-order valence-corrected chi connectivity index (χ3v) is 11.3. The van der Waals surface area contributed by atoms with Crippen molar-refractivity contribution < 1.29 is 22.5 Å². The number of esters is 1. The van der Waals surface area contributed by atoms with Gasteiger partial charge in [0.05, 0.1) is 4.90 Å². The van der Waals surface area contributed by atoms with Gasteiger partial charge in [0.15, 0.2) is 0 Å².